The minimum atomic E-state index is -1.59. The second-order valence-electron chi connectivity index (χ2n) is 8.40. The number of aromatic nitrogens is 1. The van der Waals surface area contributed by atoms with Crippen LogP contribution in [0, 0.1) is 11.8 Å². The molecule has 0 aliphatic carbocycles. The lowest BCUT2D eigenvalue weighted by atomic mass is 9.89. The molecule has 0 radical (unpaired) electrons. The molecule has 0 spiro atoms. The molecule has 3 atom stereocenters. The highest BCUT2D eigenvalue weighted by Gasteiger charge is 2.38. The maximum absolute atomic E-state index is 13.2. The third-order valence-electron chi connectivity index (χ3n) is 5.66. The number of aliphatic hydroxyl groups is 1. The van der Waals surface area contributed by atoms with Crippen LogP contribution in [0.25, 0.3) is 11.3 Å². The predicted molar refractivity (Wildman–Crippen MR) is 114 cm³/mol. The van der Waals surface area contributed by atoms with Crippen molar-refractivity contribution >= 4 is 17.5 Å². The van der Waals surface area contributed by atoms with Gasteiger partial charge in [-0.1, -0.05) is 13.8 Å². The summed E-state index contributed by atoms with van der Waals surface area (Å²) in [4.78, 5) is 32.8. The van der Waals surface area contributed by atoms with Gasteiger partial charge in [0.05, 0.1) is 12.1 Å². The minimum Gasteiger partial charge on any atom is -0.444 e. The van der Waals surface area contributed by atoms with Crippen molar-refractivity contribution in [2.24, 2.45) is 11.8 Å². The van der Waals surface area contributed by atoms with Crippen LogP contribution in [0.3, 0.4) is 0 Å². The van der Waals surface area contributed by atoms with Gasteiger partial charge in [-0.25, -0.2) is 10.5 Å². The zero-order chi connectivity index (χ0) is 22.5. The van der Waals surface area contributed by atoms with Crippen molar-refractivity contribution in [1.82, 2.24) is 15.4 Å². The van der Waals surface area contributed by atoms with E-state index in [2.05, 4.69) is 9.88 Å². The van der Waals surface area contributed by atoms with Gasteiger partial charge in [-0.3, -0.25) is 14.8 Å². The average molecular weight is 431 g/mol. The van der Waals surface area contributed by atoms with Gasteiger partial charge < -0.3 is 19.3 Å². The number of hydrogen-bond acceptors (Lipinski definition) is 7. The van der Waals surface area contributed by atoms with Gasteiger partial charge in [-0.15, -0.1) is 0 Å². The molecule has 3 N–H and O–H groups in total. The van der Waals surface area contributed by atoms with E-state index in [-0.39, 0.29) is 17.9 Å². The molecule has 1 fully saturated rings. The molecule has 0 unspecified atom stereocenters. The minimum absolute atomic E-state index is 0.103. The van der Waals surface area contributed by atoms with Crippen LogP contribution in [0.4, 0.5) is 5.69 Å². The summed E-state index contributed by atoms with van der Waals surface area (Å²) in [5, 5.41) is 19.2. The van der Waals surface area contributed by atoms with Crippen molar-refractivity contribution in [3.63, 3.8) is 0 Å². The Morgan fingerprint density at radius 3 is 2.52 bits per heavy atom. The molecule has 1 aliphatic rings. The molecule has 0 bridgehead atoms. The van der Waals surface area contributed by atoms with E-state index in [9.17, 15) is 14.7 Å². The highest BCUT2D eigenvalue weighted by atomic mass is 16.5. The van der Waals surface area contributed by atoms with Crippen molar-refractivity contribution in [2.75, 3.05) is 24.5 Å². The van der Waals surface area contributed by atoms with Gasteiger partial charge >= 0.3 is 0 Å². The second-order valence-corrected chi connectivity index (χ2v) is 8.40. The van der Waals surface area contributed by atoms with E-state index in [4.69, 9.17) is 9.62 Å². The number of aliphatic hydroxyl groups excluding tert-OH is 1. The highest BCUT2D eigenvalue weighted by molar-refractivity contribution is 5.89. The van der Waals surface area contributed by atoms with Gasteiger partial charge in [-0.05, 0) is 43.5 Å². The zero-order valence-corrected chi connectivity index (χ0v) is 18.1. The summed E-state index contributed by atoms with van der Waals surface area (Å²) in [6.45, 7) is 7.55. The Morgan fingerprint density at radius 2 is 1.97 bits per heavy atom. The van der Waals surface area contributed by atoms with E-state index in [1.165, 1.54) is 11.9 Å². The number of amides is 2. The summed E-state index contributed by atoms with van der Waals surface area (Å²) >= 11 is 0. The lowest BCUT2D eigenvalue weighted by Crippen LogP contribution is -2.57. The number of carbonyl (C=O) groups excluding carboxylic acids is 2. The summed E-state index contributed by atoms with van der Waals surface area (Å²) in [5.41, 5.74) is 3.43. The van der Waals surface area contributed by atoms with E-state index < -0.39 is 17.9 Å². The number of nitrogens with one attached hydrogen (secondary N) is 1. The Balaban J connectivity index is 1.68. The molecule has 2 aromatic rings. The molecule has 0 saturated carbocycles. The Kier molecular flexibility index (Phi) is 7.29. The smallest absolute Gasteiger partial charge is 0.272 e. The second kappa shape index (κ2) is 9.93. The number of carbonyl (C=O) groups is 2. The average Bonchev–Trinajstić information content (AvgIpc) is 3.31. The van der Waals surface area contributed by atoms with Gasteiger partial charge in [0.25, 0.3) is 5.91 Å². The summed E-state index contributed by atoms with van der Waals surface area (Å²) in [7, 11) is 0. The summed E-state index contributed by atoms with van der Waals surface area (Å²) in [5.74, 6) is -1.32. The number of nitrogens with zero attached hydrogens (tertiary/aromatic N) is 3. The number of benzene rings is 1. The van der Waals surface area contributed by atoms with Gasteiger partial charge in [0.2, 0.25) is 5.91 Å². The fourth-order valence-corrected chi connectivity index (χ4v) is 4.05. The molecule has 1 aromatic heterocycles. The highest BCUT2D eigenvalue weighted by Crippen LogP contribution is 2.26. The van der Waals surface area contributed by atoms with E-state index in [0.29, 0.717) is 31.8 Å². The van der Waals surface area contributed by atoms with Crippen LogP contribution in [0.5, 0.6) is 0 Å². The fraction of sp³-hybridized carbons (Fsp3) is 0.500. The number of rotatable bonds is 7. The molecule has 168 valence electrons. The molecule has 9 heteroatoms. The summed E-state index contributed by atoms with van der Waals surface area (Å²) in [6.07, 6.45) is 1.83. The standard InChI is InChI=1S/C22H30N4O5/c1-14(2)10-18(20(27)21(28)24-30)22(29)26-9-8-25(12-15(26)3)17-6-4-16(5-7-17)19-11-23-13-31-19/h4-7,11,13-15,18,20,27,30H,8-10,12H2,1-3H3,(H,24,28)/t15-,18+,20+/m1/s1. The first kappa shape index (κ1) is 22.8. The van der Waals surface area contributed by atoms with Crippen molar-refractivity contribution in [2.45, 2.75) is 39.3 Å². The van der Waals surface area contributed by atoms with Gasteiger partial charge in [-0.2, -0.15) is 0 Å². The number of hydrogen-bond donors (Lipinski definition) is 3. The summed E-state index contributed by atoms with van der Waals surface area (Å²) < 4.78 is 5.32. The van der Waals surface area contributed by atoms with E-state index in [0.717, 1.165) is 11.3 Å². The number of anilines is 1. The molecule has 31 heavy (non-hydrogen) atoms. The van der Waals surface area contributed by atoms with Crippen molar-refractivity contribution in [1.29, 1.82) is 0 Å². The molecular weight excluding hydrogens is 400 g/mol. The molecule has 2 amide bonds. The van der Waals surface area contributed by atoms with Crippen molar-refractivity contribution in [3.05, 3.63) is 36.9 Å². The van der Waals surface area contributed by atoms with E-state index >= 15 is 0 Å². The third kappa shape index (κ3) is 5.23. The quantitative estimate of drug-likeness (QED) is 0.453. The molecule has 9 nitrogen and oxygen atoms in total. The molecule has 2 heterocycles. The zero-order valence-electron chi connectivity index (χ0n) is 18.1. The maximum Gasteiger partial charge on any atom is 0.272 e. The normalized spacial score (nSPS) is 18.7. The van der Waals surface area contributed by atoms with Crippen LogP contribution in [-0.2, 0) is 9.59 Å². The lowest BCUT2D eigenvalue weighted by Gasteiger charge is -2.42. The van der Waals surface area contributed by atoms with Gasteiger partial charge in [0.1, 0.15) is 6.10 Å². The summed E-state index contributed by atoms with van der Waals surface area (Å²) in [6, 6.07) is 7.87. The number of oxazole rings is 1. The molecule has 1 aromatic carbocycles. The predicted octanol–water partition coefficient (Wildman–Crippen LogP) is 1.91. The van der Waals surface area contributed by atoms with Crippen molar-refractivity contribution < 1.29 is 24.3 Å². The van der Waals surface area contributed by atoms with E-state index in [1.807, 2.05) is 45.0 Å². The lowest BCUT2D eigenvalue weighted by molar-refractivity contribution is -0.152. The molecule has 1 aliphatic heterocycles. The van der Waals surface area contributed by atoms with Crippen LogP contribution in [0.2, 0.25) is 0 Å². The molecular formula is C22H30N4O5. The first-order chi connectivity index (χ1) is 14.8. The van der Waals surface area contributed by atoms with Crippen LogP contribution in [0.1, 0.15) is 27.2 Å². The Bertz CT molecular complexity index is 869. The largest absolute Gasteiger partial charge is 0.444 e. The number of hydroxylamine groups is 1. The first-order valence-electron chi connectivity index (χ1n) is 10.5. The van der Waals surface area contributed by atoms with Crippen LogP contribution < -0.4 is 10.4 Å². The van der Waals surface area contributed by atoms with Crippen LogP contribution in [-0.4, -0.2) is 63.8 Å². The topological polar surface area (TPSA) is 119 Å². The SMILES string of the molecule is CC(C)C[C@H](C(=O)N1CCN(c2ccc(-c3cnco3)cc2)C[C@H]1C)[C@H](O)C(=O)NO. The Labute approximate surface area is 181 Å². The Morgan fingerprint density at radius 1 is 1.26 bits per heavy atom. The van der Waals surface area contributed by atoms with Crippen molar-refractivity contribution in [3.8, 4) is 11.3 Å². The maximum atomic E-state index is 13.2. The van der Waals surface area contributed by atoms with Crippen LogP contribution in [0.15, 0.2) is 41.3 Å². The van der Waals surface area contributed by atoms with Gasteiger partial charge in [0.15, 0.2) is 12.2 Å². The first-order valence-corrected chi connectivity index (χ1v) is 10.5. The van der Waals surface area contributed by atoms with Gasteiger partial charge in [0, 0.05) is 36.9 Å². The molecule has 1 saturated heterocycles. The van der Waals surface area contributed by atoms with E-state index in [1.54, 1.807) is 11.1 Å². The fourth-order valence-electron chi connectivity index (χ4n) is 4.05. The monoisotopic (exact) mass is 430 g/mol. The third-order valence-corrected chi connectivity index (χ3v) is 5.66. The Hall–Kier alpha value is -2.91. The molecule has 3 rings (SSSR count). The number of piperazine rings is 1. The van der Waals surface area contributed by atoms with Crippen LogP contribution >= 0.6 is 0 Å².